The lowest BCUT2D eigenvalue weighted by molar-refractivity contribution is -0.141. The smallest absolute Gasteiger partial charge is 0.302 e. The molecular formula is C10H23NO2. The van der Waals surface area contributed by atoms with Crippen molar-refractivity contribution in [1.29, 1.82) is 0 Å². The van der Waals surface area contributed by atoms with E-state index in [0.29, 0.717) is 6.61 Å². The zero-order valence-corrected chi connectivity index (χ0v) is 8.97. The number of ether oxygens (including phenoxy) is 1. The molecule has 0 aromatic carbocycles. The van der Waals surface area contributed by atoms with E-state index in [2.05, 4.69) is 6.92 Å². The highest BCUT2D eigenvalue weighted by atomic mass is 16.5. The highest BCUT2D eigenvalue weighted by Gasteiger charge is 1.92. The molecule has 0 fully saturated rings. The molecule has 0 bridgehead atoms. The normalized spacial score (nSPS) is 9.08. The maximum Gasteiger partial charge on any atom is 0.302 e. The Hall–Kier alpha value is -0.570. The fourth-order valence-electron chi connectivity index (χ4n) is 1.10. The van der Waals surface area contributed by atoms with Crippen LogP contribution in [0.25, 0.3) is 0 Å². The summed E-state index contributed by atoms with van der Waals surface area (Å²) in [5, 5.41) is 0. The standard InChI is InChI=1S/C10H20O2.H3N/c1-3-4-5-6-7-8-9-12-10(2)11;/h3-9H2,1-2H3;1H3. The molecule has 0 aliphatic heterocycles. The molecule has 0 saturated carbocycles. The zero-order chi connectivity index (χ0) is 9.23. The number of carbonyl (C=O) groups excluding carboxylic acids is 1. The van der Waals surface area contributed by atoms with E-state index in [4.69, 9.17) is 4.74 Å². The maximum absolute atomic E-state index is 10.4. The molecule has 0 aromatic rings. The van der Waals surface area contributed by atoms with Crippen LogP contribution in [0.1, 0.15) is 52.4 Å². The lowest BCUT2D eigenvalue weighted by Crippen LogP contribution is -1.99. The second kappa shape index (κ2) is 11.4. The minimum Gasteiger partial charge on any atom is -0.466 e. The van der Waals surface area contributed by atoms with Crippen molar-refractivity contribution in [2.24, 2.45) is 0 Å². The third kappa shape index (κ3) is 14.3. The number of esters is 1. The minimum absolute atomic E-state index is 0. The first-order valence-corrected chi connectivity index (χ1v) is 4.90. The Morgan fingerprint density at radius 3 is 2.15 bits per heavy atom. The van der Waals surface area contributed by atoms with E-state index in [9.17, 15) is 4.79 Å². The monoisotopic (exact) mass is 189 g/mol. The maximum atomic E-state index is 10.4. The second-order valence-corrected chi connectivity index (χ2v) is 3.11. The molecule has 0 unspecified atom stereocenters. The lowest BCUT2D eigenvalue weighted by Gasteiger charge is -2.01. The molecule has 3 nitrogen and oxygen atoms in total. The van der Waals surface area contributed by atoms with Gasteiger partial charge in [0.1, 0.15) is 0 Å². The van der Waals surface area contributed by atoms with Crippen molar-refractivity contribution >= 4 is 5.97 Å². The molecule has 0 radical (unpaired) electrons. The van der Waals surface area contributed by atoms with Gasteiger partial charge in [-0.1, -0.05) is 39.0 Å². The van der Waals surface area contributed by atoms with Gasteiger partial charge in [-0.3, -0.25) is 4.79 Å². The Bertz CT molecular complexity index is 115. The van der Waals surface area contributed by atoms with Crippen molar-refractivity contribution < 1.29 is 9.53 Å². The fraction of sp³-hybridized carbons (Fsp3) is 0.900. The van der Waals surface area contributed by atoms with Gasteiger partial charge in [0.2, 0.25) is 0 Å². The molecule has 80 valence electrons. The van der Waals surface area contributed by atoms with Gasteiger partial charge in [0.25, 0.3) is 0 Å². The summed E-state index contributed by atoms with van der Waals surface area (Å²) >= 11 is 0. The Balaban J connectivity index is 0. The average Bonchev–Trinajstić information content (AvgIpc) is 2.02. The van der Waals surface area contributed by atoms with Gasteiger partial charge >= 0.3 is 5.97 Å². The van der Waals surface area contributed by atoms with Crippen LogP contribution in [0, 0.1) is 0 Å². The number of hydrogen-bond acceptors (Lipinski definition) is 3. The Kier molecular flexibility index (Phi) is 13.1. The van der Waals surface area contributed by atoms with Crippen molar-refractivity contribution in [3.8, 4) is 0 Å². The Labute approximate surface area is 81.4 Å². The topological polar surface area (TPSA) is 61.3 Å². The molecule has 0 heterocycles. The van der Waals surface area contributed by atoms with Crippen molar-refractivity contribution in [2.75, 3.05) is 6.61 Å². The SMILES string of the molecule is CCCCCCCCOC(C)=O.N. The summed E-state index contributed by atoms with van der Waals surface area (Å²) in [5.41, 5.74) is 0. The van der Waals surface area contributed by atoms with E-state index >= 15 is 0 Å². The minimum atomic E-state index is -0.163. The predicted octanol–water partition coefficient (Wildman–Crippen LogP) is 3.07. The molecule has 3 heteroatoms. The third-order valence-electron chi connectivity index (χ3n) is 1.80. The van der Waals surface area contributed by atoms with Crippen molar-refractivity contribution in [3.63, 3.8) is 0 Å². The highest BCUT2D eigenvalue weighted by Crippen LogP contribution is 2.04. The van der Waals surface area contributed by atoms with E-state index in [1.165, 1.54) is 39.0 Å². The van der Waals surface area contributed by atoms with Crippen molar-refractivity contribution in [1.82, 2.24) is 6.15 Å². The summed E-state index contributed by atoms with van der Waals surface area (Å²) in [6, 6.07) is 0. The molecule has 0 aliphatic rings. The van der Waals surface area contributed by atoms with Crippen LogP contribution < -0.4 is 6.15 Å². The zero-order valence-electron chi connectivity index (χ0n) is 8.97. The van der Waals surface area contributed by atoms with Crippen molar-refractivity contribution in [2.45, 2.75) is 52.4 Å². The molecule has 3 N–H and O–H groups in total. The fourth-order valence-corrected chi connectivity index (χ4v) is 1.10. The molecule has 13 heavy (non-hydrogen) atoms. The van der Waals surface area contributed by atoms with Crippen LogP contribution in [0.2, 0.25) is 0 Å². The second-order valence-electron chi connectivity index (χ2n) is 3.11. The van der Waals surface area contributed by atoms with Gasteiger partial charge in [-0.25, -0.2) is 0 Å². The number of rotatable bonds is 7. The quantitative estimate of drug-likeness (QED) is 0.494. The largest absolute Gasteiger partial charge is 0.466 e. The van der Waals surface area contributed by atoms with Crippen LogP contribution in [-0.2, 0) is 9.53 Å². The van der Waals surface area contributed by atoms with Crippen LogP contribution in [0.15, 0.2) is 0 Å². The first kappa shape index (κ1) is 14.9. The van der Waals surface area contributed by atoms with Crippen LogP contribution in [0.5, 0.6) is 0 Å². The van der Waals surface area contributed by atoms with Gasteiger partial charge in [-0.15, -0.1) is 0 Å². The highest BCUT2D eigenvalue weighted by molar-refractivity contribution is 5.65. The van der Waals surface area contributed by atoms with E-state index in [-0.39, 0.29) is 12.1 Å². The number of unbranched alkanes of at least 4 members (excludes halogenated alkanes) is 5. The van der Waals surface area contributed by atoms with Gasteiger partial charge in [0, 0.05) is 6.92 Å². The molecule has 0 aliphatic carbocycles. The summed E-state index contributed by atoms with van der Waals surface area (Å²) in [4.78, 5) is 10.4. The molecule has 0 rings (SSSR count). The summed E-state index contributed by atoms with van der Waals surface area (Å²) in [6.45, 7) is 4.26. The summed E-state index contributed by atoms with van der Waals surface area (Å²) in [6.07, 6.45) is 7.40. The first-order valence-electron chi connectivity index (χ1n) is 4.90. The van der Waals surface area contributed by atoms with E-state index in [0.717, 1.165) is 6.42 Å². The lowest BCUT2D eigenvalue weighted by atomic mass is 10.1. The Morgan fingerprint density at radius 2 is 1.62 bits per heavy atom. The van der Waals surface area contributed by atoms with Crippen LogP contribution in [0.4, 0.5) is 0 Å². The van der Waals surface area contributed by atoms with Gasteiger partial charge in [0.15, 0.2) is 0 Å². The van der Waals surface area contributed by atoms with E-state index in [1.54, 1.807) is 0 Å². The van der Waals surface area contributed by atoms with Gasteiger partial charge in [-0.05, 0) is 6.42 Å². The van der Waals surface area contributed by atoms with Crippen molar-refractivity contribution in [3.05, 3.63) is 0 Å². The van der Waals surface area contributed by atoms with Gasteiger partial charge in [0.05, 0.1) is 6.61 Å². The number of carbonyl (C=O) groups is 1. The molecule has 0 spiro atoms. The molecule has 0 amide bonds. The van der Waals surface area contributed by atoms with E-state index in [1.807, 2.05) is 0 Å². The molecule has 0 atom stereocenters. The van der Waals surface area contributed by atoms with E-state index < -0.39 is 0 Å². The summed E-state index contributed by atoms with van der Waals surface area (Å²) in [7, 11) is 0. The Morgan fingerprint density at radius 1 is 1.08 bits per heavy atom. The molecular weight excluding hydrogens is 166 g/mol. The first-order chi connectivity index (χ1) is 5.77. The average molecular weight is 189 g/mol. The van der Waals surface area contributed by atoms with Gasteiger partial charge in [-0.2, -0.15) is 0 Å². The van der Waals surface area contributed by atoms with Crippen LogP contribution in [0.3, 0.4) is 0 Å². The molecule has 0 saturated heterocycles. The molecule has 0 aromatic heterocycles. The van der Waals surface area contributed by atoms with Crippen LogP contribution >= 0.6 is 0 Å². The van der Waals surface area contributed by atoms with Gasteiger partial charge < -0.3 is 10.9 Å². The van der Waals surface area contributed by atoms with Crippen LogP contribution in [-0.4, -0.2) is 12.6 Å². The summed E-state index contributed by atoms with van der Waals surface area (Å²) < 4.78 is 4.81. The predicted molar refractivity (Wildman–Crippen MR) is 55.0 cm³/mol. The summed E-state index contributed by atoms with van der Waals surface area (Å²) in [5.74, 6) is -0.163. The number of hydrogen-bond donors (Lipinski definition) is 1. The third-order valence-corrected chi connectivity index (χ3v) is 1.80.